The molecule has 1 aromatic carbocycles. The van der Waals surface area contributed by atoms with Crippen LogP contribution in [0.5, 0.6) is 0 Å². The van der Waals surface area contributed by atoms with Gasteiger partial charge < -0.3 is 10.6 Å². The highest BCUT2D eigenvalue weighted by atomic mass is 35.5. The van der Waals surface area contributed by atoms with Crippen molar-refractivity contribution >= 4 is 23.4 Å². The summed E-state index contributed by atoms with van der Waals surface area (Å²) in [6.45, 7) is 0.821. The van der Waals surface area contributed by atoms with Crippen molar-refractivity contribution in [2.45, 2.75) is 13.0 Å². The number of nitrogens with zero attached hydrogens (tertiary/aromatic N) is 1. The van der Waals surface area contributed by atoms with E-state index in [-0.39, 0.29) is 18.2 Å². The van der Waals surface area contributed by atoms with Crippen LogP contribution in [0.3, 0.4) is 0 Å². The Labute approximate surface area is 104 Å². The van der Waals surface area contributed by atoms with Gasteiger partial charge in [-0.3, -0.25) is 9.59 Å². The Hall–Kier alpha value is -1.55. The van der Waals surface area contributed by atoms with Gasteiger partial charge in [0.25, 0.3) is 0 Å². The van der Waals surface area contributed by atoms with Gasteiger partial charge >= 0.3 is 0 Å². The maximum absolute atomic E-state index is 11.7. The summed E-state index contributed by atoms with van der Waals surface area (Å²) in [6, 6.07) is 7.35. The summed E-state index contributed by atoms with van der Waals surface area (Å²) in [4.78, 5) is 24.3. The van der Waals surface area contributed by atoms with Crippen LogP contribution in [0, 0.1) is 5.92 Å². The largest absolute Gasteiger partial charge is 0.369 e. The summed E-state index contributed by atoms with van der Waals surface area (Å²) in [5.74, 6) is -0.835. The predicted octanol–water partition coefficient (Wildman–Crippen LogP) is 1.17. The number of amides is 2. The number of carbonyl (C=O) groups is 2. The van der Waals surface area contributed by atoms with Crippen molar-refractivity contribution in [3.05, 3.63) is 34.9 Å². The Morgan fingerprint density at radius 1 is 1.47 bits per heavy atom. The van der Waals surface area contributed by atoms with Gasteiger partial charge in [-0.15, -0.1) is 0 Å². The van der Waals surface area contributed by atoms with Crippen molar-refractivity contribution < 1.29 is 9.59 Å². The molecule has 4 nitrogen and oxygen atoms in total. The van der Waals surface area contributed by atoms with Gasteiger partial charge in [-0.25, -0.2) is 0 Å². The van der Waals surface area contributed by atoms with Crippen LogP contribution < -0.4 is 5.73 Å². The smallest absolute Gasteiger partial charge is 0.223 e. The molecule has 0 aromatic heterocycles. The Kier molecular flexibility index (Phi) is 3.33. The number of primary amides is 1. The number of hydrogen-bond acceptors (Lipinski definition) is 2. The van der Waals surface area contributed by atoms with Crippen LogP contribution in [0.15, 0.2) is 24.3 Å². The van der Waals surface area contributed by atoms with Gasteiger partial charge in [0.2, 0.25) is 11.8 Å². The normalized spacial score (nSPS) is 19.7. The second-order valence-corrected chi connectivity index (χ2v) is 4.58. The topological polar surface area (TPSA) is 63.4 Å². The van der Waals surface area contributed by atoms with E-state index < -0.39 is 5.91 Å². The Balaban J connectivity index is 2.08. The minimum atomic E-state index is -0.417. The maximum Gasteiger partial charge on any atom is 0.223 e. The standard InChI is InChI=1S/C12H13ClN2O2/c13-10-4-2-1-3-8(10)6-15-7-9(12(14)17)5-11(15)16/h1-4,9H,5-7H2,(H2,14,17)/t9-/m0/s1. The van der Waals surface area contributed by atoms with Gasteiger partial charge in [0, 0.05) is 24.5 Å². The summed E-state index contributed by atoms with van der Waals surface area (Å²) in [5, 5.41) is 0.628. The van der Waals surface area contributed by atoms with E-state index in [2.05, 4.69) is 0 Å². The van der Waals surface area contributed by atoms with E-state index in [1.807, 2.05) is 18.2 Å². The first-order chi connectivity index (χ1) is 8.08. The van der Waals surface area contributed by atoms with Crippen molar-refractivity contribution in [2.24, 2.45) is 11.7 Å². The van der Waals surface area contributed by atoms with Crippen LogP contribution in [0.25, 0.3) is 0 Å². The molecule has 1 aliphatic rings. The van der Waals surface area contributed by atoms with Gasteiger partial charge in [-0.05, 0) is 11.6 Å². The number of halogens is 1. The van der Waals surface area contributed by atoms with Gasteiger partial charge in [-0.2, -0.15) is 0 Å². The third-order valence-corrected chi connectivity index (χ3v) is 3.30. The SMILES string of the molecule is NC(=O)[C@H]1CC(=O)N(Cc2ccccc2Cl)C1. The highest BCUT2D eigenvalue weighted by Crippen LogP contribution is 2.23. The lowest BCUT2D eigenvalue weighted by Gasteiger charge is -2.16. The molecule has 2 amide bonds. The van der Waals surface area contributed by atoms with Crippen molar-refractivity contribution in [1.29, 1.82) is 0 Å². The molecule has 0 saturated carbocycles. The molecule has 1 aliphatic heterocycles. The minimum absolute atomic E-state index is 0.0475. The molecule has 1 saturated heterocycles. The second kappa shape index (κ2) is 4.75. The highest BCUT2D eigenvalue weighted by molar-refractivity contribution is 6.31. The molecular formula is C12H13ClN2O2. The molecule has 90 valence electrons. The monoisotopic (exact) mass is 252 g/mol. The lowest BCUT2D eigenvalue weighted by Crippen LogP contribution is -2.28. The second-order valence-electron chi connectivity index (χ2n) is 4.17. The molecule has 2 N–H and O–H groups in total. The molecule has 1 aromatic rings. The molecule has 5 heteroatoms. The average Bonchev–Trinajstić information content (AvgIpc) is 2.64. The average molecular weight is 253 g/mol. The summed E-state index contributed by atoms with van der Waals surface area (Å²) in [7, 11) is 0. The van der Waals surface area contributed by atoms with Crippen molar-refractivity contribution in [1.82, 2.24) is 4.90 Å². The number of nitrogens with two attached hydrogens (primary N) is 1. The zero-order valence-electron chi connectivity index (χ0n) is 9.23. The summed E-state index contributed by atoms with van der Waals surface area (Å²) >= 11 is 6.02. The molecule has 0 radical (unpaired) electrons. The van der Waals surface area contributed by atoms with Crippen LogP contribution in [0.2, 0.25) is 5.02 Å². The van der Waals surface area contributed by atoms with Gasteiger partial charge in [0.15, 0.2) is 0 Å². The minimum Gasteiger partial charge on any atom is -0.369 e. The van der Waals surface area contributed by atoms with Gasteiger partial charge in [0.1, 0.15) is 0 Å². The van der Waals surface area contributed by atoms with E-state index in [1.54, 1.807) is 11.0 Å². The third kappa shape index (κ3) is 2.58. The third-order valence-electron chi connectivity index (χ3n) is 2.94. The molecule has 1 atom stereocenters. The lowest BCUT2D eigenvalue weighted by atomic mass is 10.1. The number of hydrogen-bond donors (Lipinski definition) is 1. The van der Waals surface area contributed by atoms with Gasteiger partial charge in [-0.1, -0.05) is 29.8 Å². The predicted molar refractivity (Wildman–Crippen MR) is 64.2 cm³/mol. The summed E-state index contributed by atoms with van der Waals surface area (Å²) < 4.78 is 0. The van der Waals surface area contributed by atoms with E-state index in [4.69, 9.17) is 17.3 Å². The Morgan fingerprint density at radius 2 is 2.18 bits per heavy atom. The van der Waals surface area contributed by atoms with E-state index in [0.717, 1.165) is 5.56 Å². The van der Waals surface area contributed by atoms with Crippen molar-refractivity contribution in [2.75, 3.05) is 6.54 Å². The Bertz CT molecular complexity index is 462. The van der Waals surface area contributed by atoms with Gasteiger partial charge in [0.05, 0.1) is 5.92 Å². The molecule has 17 heavy (non-hydrogen) atoms. The first-order valence-electron chi connectivity index (χ1n) is 5.38. The first kappa shape index (κ1) is 11.9. The van der Waals surface area contributed by atoms with Crippen molar-refractivity contribution in [3.8, 4) is 0 Å². The number of benzene rings is 1. The maximum atomic E-state index is 11.7. The molecule has 2 rings (SSSR count). The zero-order valence-corrected chi connectivity index (χ0v) is 9.98. The molecule has 0 unspecified atom stereocenters. The zero-order chi connectivity index (χ0) is 12.4. The Morgan fingerprint density at radius 3 is 2.76 bits per heavy atom. The van der Waals surface area contributed by atoms with Crippen LogP contribution in [-0.4, -0.2) is 23.3 Å². The molecule has 0 bridgehead atoms. The van der Waals surface area contributed by atoms with E-state index in [9.17, 15) is 9.59 Å². The lowest BCUT2D eigenvalue weighted by molar-refractivity contribution is -0.128. The fourth-order valence-electron chi connectivity index (χ4n) is 1.95. The number of rotatable bonds is 3. The quantitative estimate of drug-likeness (QED) is 0.878. The van der Waals surface area contributed by atoms with Crippen molar-refractivity contribution in [3.63, 3.8) is 0 Å². The molecule has 0 spiro atoms. The van der Waals surface area contributed by atoms with Crippen LogP contribution in [-0.2, 0) is 16.1 Å². The van der Waals surface area contributed by atoms with E-state index >= 15 is 0 Å². The molecule has 1 fully saturated rings. The molecule has 0 aliphatic carbocycles. The summed E-state index contributed by atoms with van der Waals surface area (Å²) in [6.07, 6.45) is 0.208. The molecular weight excluding hydrogens is 240 g/mol. The fraction of sp³-hybridized carbons (Fsp3) is 0.333. The fourth-order valence-corrected chi connectivity index (χ4v) is 2.14. The van der Waals surface area contributed by atoms with Crippen LogP contribution in [0.1, 0.15) is 12.0 Å². The number of likely N-dealkylation sites (tertiary alicyclic amines) is 1. The van der Waals surface area contributed by atoms with Crippen LogP contribution >= 0.6 is 11.6 Å². The summed E-state index contributed by atoms with van der Waals surface area (Å²) in [5.41, 5.74) is 6.08. The van der Waals surface area contributed by atoms with E-state index in [1.165, 1.54) is 0 Å². The molecule has 1 heterocycles. The highest BCUT2D eigenvalue weighted by Gasteiger charge is 2.33. The number of carbonyl (C=O) groups excluding carboxylic acids is 2. The van der Waals surface area contributed by atoms with E-state index in [0.29, 0.717) is 18.1 Å². The first-order valence-corrected chi connectivity index (χ1v) is 5.76. The van der Waals surface area contributed by atoms with Crippen LogP contribution in [0.4, 0.5) is 0 Å².